The third-order valence-electron chi connectivity index (χ3n) is 2.88. The van der Waals surface area contributed by atoms with Gasteiger partial charge in [0.05, 0.1) is 12.2 Å². The van der Waals surface area contributed by atoms with Gasteiger partial charge in [-0.1, -0.05) is 31.5 Å². The molecule has 108 valence electrons. The van der Waals surface area contributed by atoms with Gasteiger partial charge in [-0.05, 0) is 30.2 Å². The fraction of sp³-hybridized carbons (Fsp3) is 0.286. The van der Waals surface area contributed by atoms with Crippen molar-refractivity contribution in [2.24, 2.45) is 5.73 Å². The molecule has 6 heteroatoms. The first kappa shape index (κ1) is 14.6. The molecule has 2 aromatic rings. The fourth-order valence-electron chi connectivity index (χ4n) is 1.91. The summed E-state index contributed by atoms with van der Waals surface area (Å²) in [6.45, 7) is 2.22. The highest BCUT2D eigenvalue weighted by atomic mass is 32.2. The highest BCUT2D eigenvalue weighted by Crippen LogP contribution is 2.22. The van der Waals surface area contributed by atoms with Gasteiger partial charge in [0.15, 0.2) is 0 Å². The molecule has 0 unspecified atom stereocenters. The van der Waals surface area contributed by atoms with Crippen molar-refractivity contribution in [1.29, 1.82) is 0 Å². The first-order valence-electron chi connectivity index (χ1n) is 6.46. The second kappa shape index (κ2) is 6.11. The van der Waals surface area contributed by atoms with Gasteiger partial charge < -0.3 is 10.2 Å². The second-order valence-electron chi connectivity index (χ2n) is 4.44. The minimum atomic E-state index is -3.72. The minimum Gasteiger partial charge on any atom is -0.446 e. The van der Waals surface area contributed by atoms with Crippen molar-refractivity contribution in [3.63, 3.8) is 0 Å². The Labute approximate surface area is 118 Å². The van der Waals surface area contributed by atoms with Gasteiger partial charge in [-0.3, -0.25) is 4.72 Å². The van der Waals surface area contributed by atoms with E-state index in [1.165, 1.54) is 6.07 Å². The van der Waals surface area contributed by atoms with Gasteiger partial charge in [0.2, 0.25) is 5.09 Å². The predicted molar refractivity (Wildman–Crippen MR) is 77.8 cm³/mol. The van der Waals surface area contributed by atoms with E-state index in [1.54, 1.807) is 18.2 Å². The summed E-state index contributed by atoms with van der Waals surface area (Å²) in [5.41, 5.74) is 6.96. The van der Waals surface area contributed by atoms with Crippen molar-refractivity contribution >= 4 is 15.7 Å². The van der Waals surface area contributed by atoms with Crippen molar-refractivity contribution in [3.05, 3.63) is 47.7 Å². The van der Waals surface area contributed by atoms with Crippen molar-refractivity contribution in [1.82, 2.24) is 0 Å². The van der Waals surface area contributed by atoms with Crippen LogP contribution in [-0.4, -0.2) is 8.42 Å². The highest BCUT2D eigenvalue weighted by Gasteiger charge is 2.19. The summed E-state index contributed by atoms with van der Waals surface area (Å²) in [4.78, 5) is 0. The standard InChI is InChI=1S/C14H18N2O3S/c1-2-5-11-6-3-4-7-13(11)16-20(17,18)14-9-8-12(10-15)19-14/h3-4,6-9,16H,2,5,10,15H2,1H3. The molecule has 1 aromatic heterocycles. The molecule has 20 heavy (non-hydrogen) atoms. The molecule has 0 aliphatic carbocycles. The van der Waals surface area contributed by atoms with Gasteiger partial charge >= 0.3 is 0 Å². The normalized spacial score (nSPS) is 11.5. The number of para-hydroxylation sites is 1. The number of hydrogen-bond acceptors (Lipinski definition) is 4. The van der Waals surface area contributed by atoms with Crippen LogP contribution in [0.15, 0.2) is 45.9 Å². The molecule has 0 amide bonds. The molecule has 1 aromatic carbocycles. The average molecular weight is 294 g/mol. The zero-order valence-electron chi connectivity index (χ0n) is 11.3. The first-order valence-corrected chi connectivity index (χ1v) is 7.94. The second-order valence-corrected chi connectivity index (χ2v) is 6.05. The number of anilines is 1. The molecule has 0 spiro atoms. The van der Waals surface area contributed by atoms with Crippen LogP contribution >= 0.6 is 0 Å². The summed E-state index contributed by atoms with van der Waals surface area (Å²) in [6, 6.07) is 10.3. The van der Waals surface area contributed by atoms with E-state index in [4.69, 9.17) is 10.2 Å². The van der Waals surface area contributed by atoms with Crippen molar-refractivity contribution in [2.45, 2.75) is 31.4 Å². The average Bonchev–Trinajstić information content (AvgIpc) is 2.91. The Kier molecular flexibility index (Phi) is 4.46. The van der Waals surface area contributed by atoms with Crippen LogP contribution in [0.1, 0.15) is 24.7 Å². The van der Waals surface area contributed by atoms with Crippen LogP contribution in [0.2, 0.25) is 0 Å². The molecule has 1 heterocycles. The Morgan fingerprint density at radius 1 is 1.20 bits per heavy atom. The molecular weight excluding hydrogens is 276 g/mol. The smallest absolute Gasteiger partial charge is 0.295 e. The monoisotopic (exact) mass is 294 g/mol. The van der Waals surface area contributed by atoms with E-state index < -0.39 is 10.0 Å². The summed E-state index contributed by atoms with van der Waals surface area (Å²) >= 11 is 0. The Bertz CT molecular complexity index is 677. The Morgan fingerprint density at radius 3 is 2.60 bits per heavy atom. The van der Waals surface area contributed by atoms with E-state index in [9.17, 15) is 8.42 Å². The van der Waals surface area contributed by atoms with Gasteiger partial charge in [-0.2, -0.15) is 8.42 Å². The highest BCUT2D eigenvalue weighted by molar-refractivity contribution is 7.92. The van der Waals surface area contributed by atoms with Crippen molar-refractivity contribution in [2.75, 3.05) is 4.72 Å². The number of nitrogens with two attached hydrogens (primary N) is 1. The lowest BCUT2D eigenvalue weighted by Crippen LogP contribution is -2.13. The van der Waals surface area contributed by atoms with Gasteiger partial charge in [-0.25, -0.2) is 0 Å². The van der Waals surface area contributed by atoms with Crippen LogP contribution in [-0.2, 0) is 23.0 Å². The summed E-state index contributed by atoms with van der Waals surface area (Å²) in [5.74, 6) is 0.437. The van der Waals surface area contributed by atoms with Crippen LogP contribution in [0.5, 0.6) is 0 Å². The van der Waals surface area contributed by atoms with Crippen LogP contribution in [0, 0.1) is 0 Å². The Morgan fingerprint density at radius 2 is 1.95 bits per heavy atom. The maximum absolute atomic E-state index is 12.2. The number of aryl methyl sites for hydroxylation is 1. The molecule has 0 saturated heterocycles. The lowest BCUT2D eigenvalue weighted by molar-refractivity contribution is 0.417. The van der Waals surface area contributed by atoms with Gasteiger partial charge in [0, 0.05) is 0 Å². The molecule has 0 bridgehead atoms. The summed E-state index contributed by atoms with van der Waals surface area (Å²) in [6.07, 6.45) is 1.75. The Hall–Kier alpha value is -1.79. The SMILES string of the molecule is CCCc1ccccc1NS(=O)(=O)c1ccc(CN)o1. The first-order chi connectivity index (χ1) is 9.56. The summed E-state index contributed by atoms with van der Waals surface area (Å²) in [7, 11) is -3.72. The molecule has 0 radical (unpaired) electrons. The number of hydrogen-bond donors (Lipinski definition) is 2. The number of rotatable bonds is 6. The zero-order valence-corrected chi connectivity index (χ0v) is 12.1. The van der Waals surface area contributed by atoms with E-state index in [1.807, 2.05) is 19.1 Å². The Balaban J connectivity index is 2.28. The number of furan rings is 1. The van der Waals surface area contributed by atoms with Gasteiger partial charge in [0.1, 0.15) is 5.76 Å². The van der Waals surface area contributed by atoms with Crippen LogP contribution in [0.3, 0.4) is 0 Å². The van der Waals surface area contributed by atoms with Crippen LogP contribution < -0.4 is 10.5 Å². The number of benzene rings is 1. The quantitative estimate of drug-likeness (QED) is 0.857. The molecular formula is C14H18N2O3S. The van der Waals surface area contributed by atoms with Gasteiger partial charge in [-0.15, -0.1) is 0 Å². The topological polar surface area (TPSA) is 85.3 Å². The largest absolute Gasteiger partial charge is 0.446 e. The number of sulfonamides is 1. The van der Waals surface area contributed by atoms with Crippen LogP contribution in [0.25, 0.3) is 0 Å². The molecule has 0 fully saturated rings. The lowest BCUT2D eigenvalue weighted by Gasteiger charge is -2.10. The summed E-state index contributed by atoms with van der Waals surface area (Å²) < 4.78 is 32.2. The predicted octanol–water partition coefficient (Wildman–Crippen LogP) is 2.49. The lowest BCUT2D eigenvalue weighted by atomic mass is 10.1. The molecule has 0 atom stereocenters. The van der Waals surface area contributed by atoms with Gasteiger partial charge in [0.25, 0.3) is 10.0 Å². The van der Waals surface area contributed by atoms with E-state index in [0.29, 0.717) is 11.4 Å². The van der Waals surface area contributed by atoms with E-state index >= 15 is 0 Å². The van der Waals surface area contributed by atoms with E-state index in [0.717, 1.165) is 18.4 Å². The maximum atomic E-state index is 12.2. The van der Waals surface area contributed by atoms with Crippen molar-refractivity contribution in [3.8, 4) is 0 Å². The fourth-order valence-corrected chi connectivity index (χ4v) is 2.97. The third kappa shape index (κ3) is 3.20. The van der Waals surface area contributed by atoms with Crippen LogP contribution in [0.4, 0.5) is 5.69 Å². The molecule has 0 aliphatic heterocycles. The molecule has 3 N–H and O–H groups in total. The van der Waals surface area contributed by atoms with Crippen molar-refractivity contribution < 1.29 is 12.8 Å². The third-order valence-corrected chi connectivity index (χ3v) is 4.12. The maximum Gasteiger partial charge on any atom is 0.295 e. The molecule has 2 rings (SSSR count). The number of nitrogens with one attached hydrogen (secondary N) is 1. The summed E-state index contributed by atoms with van der Waals surface area (Å²) in [5, 5.41) is -0.121. The van der Waals surface area contributed by atoms with E-state index in [2.05, 4.69) is 4.72 Å². The van der Waals surface area contributed by atoms with E-state index in [-0.39, 0.29) is 11.6 Å². The molecule has 0 saturated carbocycles. The molecule has 5 nitrogen and oxygen atoms in total. The molecule has 0 aliphatic rings. The zero-order chi connectivity index (χ0) is 14.6. The minimum absolute atomic E-state index is 0.121.